The van der Waals surface area contributed by atoms with Gasteiger partial charge in [-0.1, -0.05) is 74.0 Å². The van der Waals surface area contributed by atoms with Crippen LogP contribution in [-0.2, 0) is 9.53 Å². The lowest BCUT2D eigenvalue weighted by Gasteiger charge is -2.05. The lowest BCUT2D eigenvalue weighted by molar-refractivity contribution is -0.130. The maximum atomic E-state index is 12.3. The first-order valence-corrected chi connectivity index (χ1v) is 9.26. The highest BCUT2D eigenvalue weighted by Crippen LogP contribution is 2.30. The Bertz CT molecular complexity index is 1080. The molecule has 1 aliphatic rings. The van der Waals surface area contributed by atoms with Gasteiger partial charge >= 0.3 is 5.97 Å². The highest BCUT2D eigenvalue weighted by atomic mass is 16.5. The van der Waals surface area contributed by atoms with Crippen molar-refractivity contribution in [2.75, 3.05) is 0 Å². The highest BCUT2D eigenvalue weighted by Gasteiger charge is 2.22. The lowest BCUT2D eigenvalue weighted by Crippen LogP contribution is -1.97. The van der Waals surface area contributed by atoms with Crippen LogP contribution in [0.2, 0.25) is 0 Å². The smallest absolute Gasteiger partial charge is 0.343 e. The molecule has 0 aliphatic carbocycles. The third-order valence-corrected chi connectivity index (χ3v) is 4.93. The number of benzene rings is 3. The Balaban J connectivity index is 1.65. The molecule has 3 aromatic carbocycles. The Hall–Kier alpha value is -3.13. The summed E-state index contributed by atoms with van der Waals surface area (Å²) in [7, 11) is 0. The molecule has 0 fully saturated rings. The number of fused-ring (bicyclic) bond motifs is 1. The molecular weight excluding hydrogens is 332 g/mol. The van der Waals surface area contributed by atoms with Crippen molar-refractivity contribution in [3.8, 4) is 0 Å². The van der Waals surface area contributed by atoms with Crippen LogP contribution in [0.25, 0.3) is 22.6 Å². The number of carbonyl (C=O) groups excluding carboxylic acids is 1. The van der Waals surface area contributed by atoms with E-state index in [1.807, 2.05) is 30.4 Å². The van der Waals surface area contributed by atoms with Crippen LogP contribution in [0.5, 0.6) is 0 Å². The van der Waals surface area contributed by atoms with Gasteiger partial charge in [0.25, 0.3) is 0 Å². The van der Waals surface area contributed by atoms with E-state index in [0.717, 1.165) is 16.5 Å². The molecule has 0 unspecified atom stereocenters. The minimum Gasteiger partial charge on any atom is -0.422 e. The van der Waals surface area contributed by atoms with Gasteiger partial charge in [-0.3, -0.25) is 0 Å². The highest BCUT2D eigenvalue weighted by molar-refractivity contribution is 6.05. The zero-order chi connectivity index (χ0) is 19.0. The Kier molecular flexibility index (Phi) is 4.41. The van der Waals surface area contributed by atoms with E-state index in [2.05, 4.69) is 63.2 Å². The average molecular weight is 354 g/mol. The van der Waals surface area contributed by atoms with Crippen molar-refractivity contribution in [1.82, 2.24) is 0 Å². The predicted octanol–water partition coefficient (Wildman–Crippen LogP) is 6.25. The first-order valence-electron chi connectivity index (χ1n) is 9.26. The molecule has 0 radical (unpaired) electrons. The maximum Gasteiger partial charge on any atom is 0.343 e. The molecule has 0 spiro atoms. The van der Waals surface area contributed by atoms with Crippen LogP contribution < -0.4 is 0 Å². The van der Waals surface area contributed by atoms with Gasteiger partial charge in [-0.05, 0) is 53.0 Å². The molecule has 1 heterocycles. The fourth-order valence-electron chi connectivity index (χ4n) is 3.31. The van der Waals surface area contributed by atoms with E-state index in [1.54, 1.807) is 0 Å². The number of esters is 1. The van der Waals surface area contributed by atoms with Crippen molar-refractivity contribution in [3.05, 3.63) is 94.6 Å². The molecule has 2 heteroatoms. The van der Waals surface area contributed by atoms with E-state index < -0.39 is 0 Å². The van der Waals surface area contributed by atoms with Crippen molar-refractivity contribution >= 4 is 28.6 Å². The van der Waals surface area contributed by atoms with Crippen LogP contribution in [0.1, 0.15) is 42.0 Å². The van der Waals surface area contributed by atoms with Gasteiger partial charge < -0.3 is 4.74 Å². The normalized spacial score (nSPS) is 15.5. The summed E-state index contributed by atoms with van der Waals surface area (Å²) in [5.41, 5.74) is 5.01. The van der Waals surface area contributed by atoms with Crippen molar-refractivity contribution in [3.63, 3.8) is 0 Å². The van der Waals surface area contributed by atoms with E-state index >= 15 is 0 Å². The van der Waals surface area contributed by atoms with Gasteiger partial charge in [0, 0.05) is 5.56 Å². The minimum atomic E-state index is -0.304. The van der Waals surface area contributed by atoms with E-state index in [4.69, 9.17) is 4.74 Å². The molecule has 27 heavy (non-hydrogen) atoms. The molecule has 0 atom stereocenters. The minimum absolute atomic E-state index is 0.304. The second-order valence-electron chi connectivity index (χ2n) is 7.38. The van der Waals surface area contributed by atoms with Crippen molar-refractivity contribution < 1.29 is 9.53 Å². The summed E-state index contributed by atoms with van der Waals surface area (Å²) in [6.07, 6.45) is 3.71. The standard InChI is InChI=1S/C25H22O2/c1-16(2)19-8-5-18(6-9-19)13-23-15-24(27-25(23)26)22-11-10-20-12-17(3)4-7-21(20)14-22/h4-16H,1-3H3/b23-13-. The summed E-state index contributed by atoms with van der Waals surface area (Å²) in [4.78, 5) is 12.3. The second-order valence-corrected chi connectivity index (χ2v) is 7.38. The third kappa shape index (κ3) is 3.56. The summed E-state index contributed by atoms with van der Waals surface area (Å²) in [6.45, 7) is 6.42. The molecule has 134 valence electrons. The second kappa shape index (κ2) is 6.88. The number of hydrogen-bond donors (Lipinski definition) is 0. The molecule has 0 saturated heterocycles. The van der Waals surface area contributed by atoms with Gasteiger partial charge in [0.15, 0.2) is 0 Å². The number of rotatable bonds is 3. The number of carbonyl (C=O) groups is 1. The molecule has 0 amide bonds. The molecule has 0 N–H and O–H groups in total. The van der Waals surface area contributed by atoms with Crippen LogP contribution in [0.3, 0.4) is 0 Å². The summed E-state index contributed by atoms with van der Waals surface area (Å²) >= 11 is 0. The zero-order valence-electron chi connectivity index (χ0n) is 15.8. The molecule has 1 aliphatic heterocycles. The topological polar surface area (TPSA) is 26.3 Å². The predicted molar refractivity (Wildman–Crippen MR) is 111 cm³/mol. The van der Waals surface area contributed by atoms with E-state index in [9.17, 15) is 4.79 Å². The Labute approximate surface area is 159 Å². The molecule has 3 aromatic rings. The fraction of sp³-hybridized carbons (Fsp3) is 0.160. The van der Waals surface area contributed by atoms with Gasteiger partial charge in [0.2, 0.25) is 0 Å². The summed E-state index contributed by atoms with van der Waals surface area (Å²) < 4.78 is 5.52. The molecule has 0 saturated carbocycles. The molecule has 4 rings (SSSR count). The largest absolute Gasteiger partial charge is 0.422 e. The van der Waals surface area contributed by atoms with Crippen LogP contribution in [0.15, 0.2) is 72.3 Å². The van der Waals surface area contributed by atoms with Gasteiger partial charge in [0.05, 0.1) is 5.57 Å². The van der Waals surface area contributed by atoms with Gasteiger partial charge in [-0.15, -0.1) is 0 Å². The quantitative estimate of drug-likeness (QED) is 0.410. The fourth-order valence-corrected chi connectivity index (χ4v) is 3.31. The Morgan fingerprint density at radius 1 is 0.889 bits per heavy atom. The van der Waals surface area contributed by atoms with Crippen molar-refractivity contribution in [2.24, 2.45) is 0 Å². The number of ether oxygens (including phenoxy) is 1. The van der Waals surface area contributed by atoms with Gasteiger partial charge in [-0.25, -0.2) is 4.79 Å². The van der Waals surface area contributed by atoms with Crippen molar-refractivity contribution in [1.29, 1.82) is 0 Å². The van der Waals surface area contributed by atoms with Crippen LogP contribution in [0.4, 0.5) is 0 Å². The molecule has 0 bridgehead atoms. The van der Waals surface area contributed by atoms with E-state index in [1.165, 1.54) is 16.5 Å². The lowest BCUT2D eigenvalue weighted by atomic mass is 10.0. The first kappa shape index (κ1) is 17.3. The molecule has 2 nitrogen and oxygen atoms in total. The van der Waals surface area contributed by atoms with E-state index in [0.29, 0.717) is 17.3 Å². The number of hydrogen-bond acceptors (Lipinski definition) is 2. The van der Waals surface area contributed by atoms with E-state index in [-0.39, 0.29) is 5.97 Å². The SMILES string of the molecule is Cc1ccc2cc(C3=C/C(=C/c4ccc(C(C)C)cc4)C(=O)O3)ccc2c1. The summed E-state index contributed by atoms with van der Waals surface area (Å²) in [6, 6.07) is 20.8. The first-order chi connectivity index (χ1) is 13.0. The molecular formula is C25H22O2. The summed E-state index contributed by atoms with van der Waals surface area (Å²) in [5, 5.41) is 2.32. The third-order valence-electron chi connectivity index (χ3n) is 4.93. The average Bonchev–Trinajstić information content (AvgIpc) is 3.02. The Morgan fingerprint density at radius 2 is 1.59 bits per heavy atom. The summed E-state index contributed by atoms with van der Waals surface area (Å²) in [5.74, 6) is 0.792. The number of cyclic esters (lactones) is 1. The maximum absolute atomic E-state index is 12.3. The monoisotopic (exact) mass is 354 g/mol. The Morgan fingerprint density at radius 3 is 2.33 bits per heavy atom. The van der Waals surface area contributed by atoms with Gasteiger partial charge in [-0.2, -0.15) is 0 Å². The van der Waals surface area contributed by atoms with Gasteiger partial charge in [0.1, 0.15) is 5.76 Å². The zero-order valence-corrected chi connectivity index (χ0v) is 15.8. The number of aryl methyl sites for hydroxylation is 1. The van der Waals surface area contributed by atoms with Crippen LogP contribution in [0, 0.1) is 6.92 Å². The van der Waals surface area contributed by atoms with Crippen LogP contribution in [-0.4, -0.2) is 5.97 Å². The van der Waals surface area contributed by atoms with Crippen molar-refractivity contribution in [2.45, 2.75) is 26.7 Å². The van der Waals surface area contributed by atoms with Crippen LogP contribution >= 0.6 is 0 Å². The molecule has 0 aromatic heterocycles.